The second-order valence-corrected chi connectivity index (χ2v) is 5.11. The van der Waals surface area contributed by atoms with E-state index in [9.17, 15) is 9.90 Å². The molecule has 0 unspecified atom stereocenters. The predicted octanol–water partition coefficient (Wildman–Crippen LogP) is 0.153. The predicted molar refractivity (Wildman–Crippen MR) is 75.0 cm³/mol. The molecule has 0 N–H and O–H groups in total. The van der Waals surface area contributed by atoms with Gasteiger partial charge < -0.3 is 9.90 Å². The monoisotopic (exact) mass is 276 g/mol. The summed E-state index contributed by atoms with van der Waals surface area (Å²) in [6.07, 6.45) is 0. The van der Waals surface area contributed by atoms with Crippen LogP contribution in [-0.2, 0) is 0 Å². The van der Waals surface area contributed by atoms with Gasteiger partial charge in [-0.3, -0.25) is 0 Å². The number of carbonyl (C=O) groups is 1. The Hall–Kier alpha value is -1.09. The number of aromatic carboxylic acids is 1. The Balaban J connectivity index is 0.00000200. The van der Waals surface area contributed by atoms with Crippen LogP contribution in [0.1, 0.15) is 41.3 Å². The van der Waals surface area contributed by atoms with E-state index in [1.807, 2.05) is 45.0 Å². The third-order valence-corrected chi connectivity index (χ3v) is 3.28. The van der Waals surface area contributed by atoms with Crippen LogP contribution in [0.2, 0.25) is 0 Å². The minimum Gasteiger partial charge on any atom is -0.545 e. The van der Waals surface area contributed by atoms with E-state index in [0.717, 1.165) is 16.7 Å². The summed E-state index contributed by atoms with van der Waals surface area (Å²) in [5.41, 5.74) is 4.44. The van der Waals surface area contributed by atoms with Crippen molar-refractivity contribution >= 4 is 5.97 Å². The van der Waals surface area contributed by atoms with Gasteiger partial charge in [0.2, 0.25) is 0 Å². The third-order valence-electron chi connectivity index (χ3n) is 3.28. The van der Waals surface area contributed by atoms with Gasteiger partial charge in [0.05, 0.1) is 5.97 Å². The van der Waals surface area contributed by atoms with E-state index >= 15 is 0 Å². The van der Waals surface area contributed by atoms with Crippen LogP contribution in [0.25, 0.3) is 11.1 Å². The van der Waals surface area contributed by atoms with Gasteiger partial charge >= 0.3 is 29.6 Å². The van der Waals surface area contributed by atoms with Crippen LogP contribution < -0.4 is 34.7 Å². The van der Waals surface area contributed by atoms with Gasteiger partial charge in [-0.2, -0.15) is 0 Å². The molecule has 0 aliphatic heterocycles. The summed E-state index contributed by atoms with van der Waals surface area (Å²) < 4.78 is 0. The molecular weight excluding hydrogens is 259 g/mol. The third kappa shape index (κ3) is 3.72. The van der Waals surface area contributed by atoms with Gasteiger partial charge in [-0.15, -0.1) is 0 Å². The summed E-state index contributed by atoms with van der Waals surface area (Å²) in [4.78, 5) is 11.1. The number of carboxylic acids is 1. The van der Waals surface area contributed by atoms with Crippen molar-refractivity contribution < 1.29 is 39.5 Å². The van der Waals surface area contributed by atoms with E-state index in [1.54, 1.807) is 6.07 Å². The minimum absolute atomic E-state index is 0. The van der Waals surface area contributed by atoms with Gasteiger partial charge in [-0.05, 0) is 29.5 Å². The average molecular weight is 276 g/mol. The Morgan fingerprint density at radius 3 is 2.05 bits per heavy atom. The van der Waals surface area contributed by atoms with Crippen molar-refractivity contribution in [1.29, 1.82) is 0 Å². The second-order valence-electron chi connectivity index (χ2n) is 5.11. The van der Waals surface area contributed by atoms with Crippen molar-refractivity contribution in [1.82, 2.24) is 0 Å². The summed E-state index contributed by atoms with van der Waals surface area (Å²) in [5.74, 6) is -0.961. The van der Waals surface area contributed by atoms with E-state index in [-0.39, 0.29) is 41.0 Å². The summed E-state index contributed by atoms with van der Waals surface area (Å²) >= 11 is 0. The van der Waals surface area contributed by atoms with Crippen LogP contribution in [0.5, 0.6) is 0 Å². The van der Waals surface area contributed by atoms with Crippen LogP contribution in [0.3, 0.4) is 0 Å². The molecule has 2 aromatic rings. The SMILES string of the molecule is Cc1ccc(-c2ccc(C(=O)[O-])c(C(C)C)c2)cc1.[Na+]. The standard InChI is InChI=1S/C17H18O2.Na/c1-11(2)16-10-14(8-9-15(16)17(18)19)13-6-4-12(3)5-7-13;/h4-11H,1-3H3,(H,18,19);/q;+1/p-1. The molecule has 0 saturated heterocycles. The smallest absolute Gasteiger partial charge is 0.545 e. The average Bonchev–Trinajstić information content (AvgIpc) is 2.38. The molecule has 0 spiro atoms. The van der Waals surface area contributed by atoms with Gasteiger partial charge in [0, 0.05) is 5.56 Å². The molecule has 0 amide bonds. The fourth-order valence-corrected chi connectivity index (χ4v) is 2.15. The molecule has 0 heterocycles. The van der Waals surface area contributed by atoms with Gasteiger partial charge in [0.15, 0.2) is 0 Å². The van der Waals surface area contributed by atoms with Gasteiger partial charge in [-0.25, -0.2) is 0 Å². The van der Waals surface area contributed by atoms with E-state index < -0.39 is 5.97 Å². The maximum Gasteiger partial charge on any atom is 1.00 e. The van der Waals surface area contributed by atoms with Gasteiger partial charge in [0.25, 0.3) is 0 Å². The molecule has 0 aromatic heterocycles. The molecule has 0 aliphatic rings. The van der Waals surface area contributed by atoms with Crippen molar-refractivity contribution in [2.75, 3.05) is 0 Å². The molecule has 20 heavy (non-hydrogen) atoms. The fraction of sp³-hybridized carbons (Fsp3) is 0.235. The zero-order valence-corrected chi connectivity index (χ0v) is 14.4. The quantitative estimate of drug-likeness (QED) is 0.749. The van der Waals surface area contributed by atoms with Crippen LogP contribution in [-0.4, -0.2) is 5.97 Å². The maximum absolute atomic E-state index is 11.1. The van der Waals surface area contributed by atoms with Crippen molar-refractivity contribution in [2.24, 2.45) is 0 Å². The number of aryl methyl sites for hydroxylation is 1. The van der Waals surface area contributed by atoms with E-state index in [1.165, 1.54) is 5.56 Å². The van der Waals surface area contributed by atoms with Gasteiger partial charge in [-0.1, -0.05) is 61.9 Å². The van der Waals surface area contributed by atoms with Gasteiger partial charge in [0.1, 0.15) is 0 Å². The van der Waals surface area contributed by atoms with Crippen LogP contribution in [0, 0.1) is 6.92 Å². The summed E-state index contributed by atoms with van der Waals surface area (Å²) in [6, 6.07) is 13.6. The van der Waals surface area contributed by atoms with E-state index in [2.05, 4.69) is 12.1 Å². The van der Waals surface area contributed by atoms with Crippen molar-refractivity contribution in [3.05, 3.63) is 59.2 Å². The zero-order chi connectivity index (χ0) is 14.0. The first-order valence-electron chi connectivity index (χ1n) is 6.41. The number of rotatable bonds is 3. The molecule has 0 atom stereocenters. The van der Waals surface area contributed by atoms with Crippen molar-refractivity contribution in [3.63, 3.8) is 0 Å². The molecule has 98 valence electrons. The molecule has 0 bridgehead atoms. The number of hydrogen-bond acceptors (Lipinski definition) is 2. The fourth-order valence-electron chi connectivity index (χ4n) is 2.15. The molecule has 2 rings (SSSR count). The van der Waals surface area contributed by atoms with E-state index in [4.69, 9.17) is 0 Å². The molecule has 0 fully saturated rings. The molecule has 0 saturated carbocycles. The first kappa shape index (κ1) is 17.0. The first-order valence-corrected chi connectivity index (χ1v) is 6.41. The van der Waals surface area contributed by atoms with E-state index in [0.29, 0.717) is 0 Å². The number of carbonyl (C=O) groups excluding carboxylic acids is 1. The topological polar surface area (TPSA) is 40.1 Å². The number of benzene rings is 2. The Bertz CT molecular complexity index is 601. The van der Waals surface area contributed by atoms with Crippen LogP contribution in [0.4, 0.5) is 0 Å². The molecule has 0 radical (unpaired) electrons. The molecule has 0 aliphatic carbocycles. The molecule has 2 nitrogen and oxygen atoms in total. The Labute approximate surface area is 142 Å². The molecule has 2 aromatic carbocycles. The van der Waals surface area contributed by atoms with Crippen molar-refractivity contribution in [3.8, 4) is 11.1 Å². The zero-order valence-electron chi connectivity index (χ0n) is 12.4. The van der Waals surface area contributed by atoms with Crippen molar-refractivity contribution in [2.45, 2.75) is 26.7 Å². The molecular formula is C17H17NaO2. The normalized spacial score (nSPS) is 10.2. The Kier molecular flexibility index (Phi) is 6.00. The maximum atomic E-state index is 11.1. The summed E-state index contributed by atoms with van der Waals surface area (Å²) in [7, 11) is 0. The molecule has 3 heteroatoms. The first-order chi connectivity index (χ1) is 8.99. The summed E-state index contributed by atoms with van der Waals surface area (Å²) in [5, 5.41) is 11.1. The second kappa shape index (κ2) is 7.07. The minimum atomic E-state index is -1.11. The largest absolute Gasteiger partial charge is 1.00 e. The van der Waals surface area contributed by atoms with Crippen LogP contribution >= 0.6 is 0 Å². The summed E-state index contributed by atoms with van der Waals surface area (Å²) in [6.45, 7) is 6.02. The number of carboxylic acid groups (broad SMARTS) is 1. The Morgan fingerprint density at radius 1 is 1.00 bits per heavy atom. The van der Waals surface area contributed by atoms with Crippen LogP contribution in [0.15, 0.2) is 42.5 Å². The Morgan fingerprint density at radius 2 is 1.55 bits per heavy atom. The number of hydrogen-bond donors (Lipinski definition) is 0.